The summed E-state index contributed by atoms with van der Waals surface area (Å²) in [5.74, 6) is 0.362. The molecule has 0 radical (unpaired) electrons. The van der Waals surface area contributed by atoms with Gasteiger partial charge in [-0.3, -0.25) is 0 Å². The molecule has 1 fully saturated rings. The Morgan fingerprint density at radius 3 is 2.50 bits per heavy atom. The van der Waals surface area contributed by atoms with Crippen LogP contribution in [-0.4, -0.2) is 57.7 Å². The van der Waals surface area contributed by atoms with Gasteiger partial charge in [0.1, 0.15) is 35.7 Å². The first-order valence-electron chi connectivity index (χ1n) is 9.47. The summed E-state index contributed by atoms with van der Waals surface area (Å²) in [6.07, 6.45) is -3.65. The maximum absolute atomic E-state index is 12.3. The topological polar surface area (TPSA) is 130 Å². The van der Waals surface area contributed by atoms with E-state index in [9.17, 15) is 25.2 Å². The second-order valence-electron chi connectivity index (χ2n) is 7.51. The minimum Gasteiger partial charge on any atom is -0.461 e. The van der Waals surface area contributed by atoms with Crippen LogP contribution in [0.15, 0.2) is 21.3 Å². The van der Waals surface area contributed by atoms with Crippen LogP contribution in [0.4, 0.5) is 0 Å². The minimum absolute atomic E-state index is 0.341. The van der Waals surface area contributed by atoms with Crippen LogP contribution in [0, 0.1) is 6.92 Å². The molecule has 8 heteroatoms. The average Bonchev–Trinajstić information content (AvgIpc) is 2.68. The van der Waals surface area contributed by atoms with Crippen molar-refractivity contribution in [2.45, 2.75) is 63.3 Å². The van der Waals surface area contributed by atoms with Crippen molar-refractivity contribution in [3.63, 3.8) is 0 Å². The van der Waals surface area contributed by atoms with Gasteiger partial charge in [-0.1, -0.05) is 0 Å². The molecule has 0 spiro atoms. The molecule has 0 bridgehead atoms. The average molecular weight is 392 g/mol. The minimum atomic E-state index is -1.53. The molecule has 1 aliphatic carbocycles. The maximum atomic E-state index is 12.3. The molecule has 0 unspecified atom stereocenters. The first kappa shape index (κ1) is 19.4. The number of rotatable bonds is 3. The highest BCUT2D eigenvalue weighted by atomic mass is 16.7. The first-order chi connectivity index (χ1) is 13.4. The van der Waals surface area contributed by atoms with E-state index in [1.54, 1.807) is 12.1 Å². The standard InChI is InChI=1S/C20H24O8/c1-9-6-12-15(10-4-2-3-5-11(10)19(25)26-12)13(7-9)27-20-18(24)17(23)16(22)14(8-21)28-20/h6-7,14,16-18,20-24H,2-5,8H2,1H3/t14-,16-,17+,18-,20-/m0/s1. The Balaban J connectivity index is 1.79. The molecular weight excluding hydrogens is 368 g/mol. The van der Waals surface area contributed by atoms with Gasteiger partial charge in [-0.25, -0.2) is 4.79 Å². The lowest BCUT2D eigenvalue weighted by Gasteiger charge is -2.39. The van der Waals surface area contributed by atoms with E-state index in [0.29, 0.717) is 35.1 Å². The molecule has 1 aromatic carbocycles. The second kappa shape index (κ2) is 7.46. The van der Waals surface area contributed by atoms with Gasteiger partial charge in [0.2, 0.25) is 6.29 Å². The molecular formula is C20H24O8. The molecule has 2 aliphatic rings. The summed E-state index contributed by atoms with van der Waals surface area (Å²) in [4.78, 5) is 12.3. The highest BCUT2D eigenvalue weighted by molar-refractivity contribution is 5.88. The fourth-order valence-corrected chi connectivity index (χ4v) is 4.05. The predicted molar refractivity (Wildman–Crippen MR) is 98.3 cm³/mol. The van der Waals surface area contributed by atoms with Crippen LogP contribution in [0.2, 0.25) is 0 Å². The molecule has 2 aromatic rings. The van der Waals surface area contributed by atoms with E-state index in [1.807, 2.05) is 6.92 Å². The van der Waals surface area contributed by atoms with E-state index in [0.717, 1.165) is 24.0 Å². The Morgan fingerprint density at radius 1 is 1.07 bits per heavy atom. The third-order valence-corrected chi connectivity index (χ3v) is 5.52. The van der Waals surface area contributed by atoms with Crippen molar-refractivity contribution < 1.29 is 34.3 Å². The van der Waals surface area contributed by atoms with Crippen LogP contribution in [0.25, 0.3) is 11.0 Å². The normalized spacial score (nSPS) is 30.2. The zero-order valence-electron chi connectivity index (χ0n) is 15.5. The lowest BCUT2D eigenvalue weighted by atomic mass is 9.90. The largest absolute Gasteiger partial charge is 0.461 e. The van der Waals surface area contributed by atoms with Crippen molar-refractivity contribution in [2.24, 2.45) is 0 Å². The zero-order chi connectivity index (χ0) is 20.0. The third kappa shape index (κ3) is 3.21. The molecule has 0 amide bonds. The summed E-state index contributed by atoms with van der Waals surface area (Å²) in [6.45, 7) is 1.28. The Hall–Kier alpha value is -1.97. The number of fused-ring (bicyclic) bond motifs is 3. The fourth-order valence-electron chi connectivity index (χ4n) is 4.05. The third-order valence-electron chi connectivity index (χ3n) is 5.52. The number of hydrogen-bond acceptors (Lipinski definition) is 8. The van der Waals surface area contributed by atoms with Gasteiger partial charge in [0, 0.05) is 5.56 Å². The van der Waals surface area contributed by atoms with Crippen LogP contribution < -0.4 is 10.4 Å². The smallest absolute Gasteiger partial charge is 0.339 e. The lowest BCUT2D eigenvalue weighted by molar-refractivity contribution is -0.277. The van der Waals surface area contributed by atoms with Gasteiger partial charge in [0.05, 0.1) is 12.0 Å². The van der Waals surface area contributed by atoms with Crippen molar-refractivity contribution in [2.75, 3.05) is 6.61 Å². The number of hydrogen-bond donors (Lipinski definition) is 4. The number of benzene rings is 1. The van der Waals surface area contributed by atoms with Crippen molar-refractivity contribution in [1.29, 1.82) is 0 Å². The van der Waals surface area contributed by atoms with Crippen molar-refractivity contribution in [3.05, 3.63) is 39.2 Å². The summed E-state index contributed by atoms with van der Waals surface area (Å²) < 4.78 is 16.9. The van der Waals surface area contributed by atoms with E-state index in [4.69, 9.17) is 13.9 Å². The van der Waals surface area contributed by atoms with Gasteiger partial charge in [-0.15, -0.1) is 0 Å². The Labute approximate surface area is 160 Å². The molecule has 2 heterocycles. The monoisotopic (exact) mass is 392 g/mol. The molecule has 5 atom stereocenters. The number of aliphatic hydroxyl groups excluding tert-OH is 4. The van der Waals surface area contributed by atoms with Crippen LogP contribution in [0.5, 0.6) is 5.75 Å². The van der Waals surface area contributed by atoms with Crippen LogP contribution in [-0.2, 0) is 17.6 Å². The van der Waals surface area contributed by atoms with Crippen molar-refractivity contribution >= 4 is 11.0 Å². The van der Waals surface area contributed by atoms with Crippen LogP contribution >= 0.6 is 0 Å². The van der Waals surface area contributed by atoms with Crippen molar-refractivity contribution in [3.8, 4) is 5.75 Å². The quantitative estimate of drug-likeness (QED) is 0.544. The number of aryl methyl sites for hydroxylation is 2. The lowest BCUT2D eigenvalue weighted by Crippen LogP contribution is -2.60. The van der Waals surface area contributed by atoms with E-state index in [-0.39, 0.29) is 5.63 Å². The van der Waals surface area contributed by atoms with E-state index >= 15 is 0 Å². The summed E-state index contributed by atoms with van der Waals surface area (Å²) in [5.41, 5.74) is 2.35. The summed E-state index contributed by atoms with van der Waals surface area (Å²) >= 11 is 0. The highest BCUT2D eigenvalue weighted by Gasteiger charge is 2.45. The zero-order valence-corrected chi connectivity index (χ0v) is 15.5. The highest BCUT2D eigenvalue weighted by Crippen LogP contribution is 2.36. The Kier molecular flexibility index (Phi) is 5.15. The summed E-state index contributed by atoms with van der Waals surface area (Å²) in [7, 11) is 0. The van der Waals surface area contributed by atoms with E-state index in [1.165, 1.54) is 0 Å². The van der Waals surface area contributed by atoms with Crippen LogP contribution in [0.3, 0.4) is 0 Å². The van der Waals surface area contributed by atoms with Crippen molar-refractivity contribution in [1.82, 2.24) is 0 Å². The maximum Gasteiger partial charge on any atom is 0.339 e. The molecule has 0 saturated carbocycles. The van der Waals surface area contributed by atoms with Gasteiger partial charge >= 0.3 is 5.63 Å². The fraction of sp³-hybridized carbons (Fsp3) is 0.550. The number of ether oxygens (including phenoxy) is 2. The Bertz CT molecular complexity index is 934. The number of aliphatic hydroxyl groups is 4. The molecule has 8 nitrogen and oxygen atoms in total. The summed E-state index contributed by atoms with van der Waals surface area (Å²) in [5, 5.41) is 40.3. The molecule has 4 N–H and O–H groups in total. The summed E-state index contributed by atoms with van der Waals surface area (Å²) in [6, 6.07) is 3.50. The molecule has 152 valence electrons. The predicted octanol–water partition coefficient (Wildman–Crippen LogP) is 0.159. The van der Waals surface area contributed by atoms with Gasteiger partial charge in [0.15, 0.2) is 0 Å². The van der Waals surface area contributed by atoms with Crippen LogP contribution in [0.1, 0.15) is 29.5 Å². The second-order valence-corrected chi connectivity index (χ2v) is 7.51. The SMILES string of the molecule is Cc1cc(O[C@H]2O[C@@H](CO)[C@H](O)[C@@H](O)[C@@H]2O)c2c3c(c(=O)oc2c1)CCCC3. The molecule has 1 saturated heterocycles. The molecule has 4 rings (SSSR count). The molecule has 1 aromatic heterocycles. The van der Waals surface area contributed by atoms with E-state index < -0.39 is 37.3 Å². The van der Waals surface area contributed by atoms with E-state index in [2.05, 4.69) is 0 Å². The molecule has 28 heavy (non-hydrogen) atoms. The van der Waals surface area contributed by atoms with Gasteiger partial charge in [-0.2, -0.15) is 0 Å². The molecule has 1 aliphatic heterocycles. The first-order valence-corrected chi connectivity index (χ1v) is 9.47. The Morgan fingerprint density at radius 2 is 1.79 bits per heavy atom. The van der Waals surface area contributed by atoms with Gasteiger partial charge < -0.3 is 34.3 Å². The van der Waals surface area contributed by atoms with Gasteiger partial charge in [-0.05, 0) is 55.9 Å². The van der Waals surface area contributed by atoms with Gasteiger partial charge in [0.25, 0.3) is 0 Å².